The molecule has 4 nitrogen and oxygen atoms in total. The highest BCUT2D eigenvalue weighted by Gasteiger charge is 2.19. The lowest BCUT2D eigenvalue weighted by Crippen LogP contribution is -2.35. The summed E-state index contributed by atoms with van der Waals surface area (Å²) in [6.07, 6.45) is 2.62. The molecule has 20 heavy (non-hydrogen) atoms. The molecule has 0 aromatic heterocycles. The van der Waals surface area contributed by atoms with E-state index in [4.69, 9.17) is 9.47 Å². The number of likely N-dealkylation sites (N-methyl/N-ethyl adjacent to an activating group) is 1. The quantitative estimate of drug-likeness (QED) is 0.829. The van der Waals surface area contributed by atoms with Crippen molar-refractivity contribution >= 4 is 0 Å². The molecule has 1 aliphatic rings. The monoisotopic (exact) mass is 278 g/mol. The van der Waals surface area contributed by atoms with E-state index in [1.807, 2.05) is 13.0 Å². The van der Waals surface area contributed by atoms with Crippen LogP contribution in [-0.4, -0.2) is 44.8 Å². The zero-order chi connectivity index (χ0) is 14.4. The molecule has 0 amide bonds. The molecule has 0 spiro atoms. The average Bonchev–Trinajstić information content (AvgIpc) is 2.86. The van der Waals surface area contributed by atoms with Crippen LogP contribution in [0.4, 0.5) is 0 Å². The molecule has 0 bridgehead atoms. The van der Waals surface area contributed by atoms with Crippen LogP contribution < -0.4 is 14.8 Å². The normalized spacial score (nSPS) is 19.2. The van der Waals surface area contributed by atoms with Gasteiger partial charge in [-0.2, -0.15) is 0 Å². The van der Waals surface area contributed by atoms with Crippen LogP contribution in [0.2, 0.25) is 0 Å². The van der Waals surface area contributed by atoms with Crippen LogP contribution in [0.25, 0.3) is 0 Å². The third-order valence-electron chi connectivity index (χ3n) is 3.91. The Labute approximate surface area is 122 Å². The molecule has 0 radical (unpaired) electrons. The Kier molecular flexibility index (Phi) is 5.68. The van der Waals surface area contributed by atoms with Crippen LogP contribution in [0.1, 0.15) is 25.3 Å². The molecule has 1 fully saturated rings. The van der Waals surface area contributed by atoms with E-state index in [0.717, 1.165) is 24.6 Å². The van der Waals surface area contributed by atoms with Crippen molar-refractivity contribution < 1.29 is 9.47 Å². The van der Waals surface area contributed by atoms with Gasteiger partial charge in [0.15, 0.2) is 11.5 Å². The molecule has 1 saturated heterocycles. The summed E-state index contributed by atoms with van der Waals surface area (Å²) in [4.78, 5) is 2.44. The van der Waals surface area contributed by atoms with Gasteiger partial charge in [-0.25, -0.2) is 0 Å². The number of nitrogens with zero attached hydrogens (tertiary/aromatic N) is 1. The van der Waals surface area contributed by atoms with Gasteiger partial charge in [0.1, 0.15) is 0 Å². The van der Waals surface area contributed by atoms with E-state index in [1.54, 1.807) is 7.11 Å². The molecule has 1 atom stereocenters. The number of rotatable bonds is 7. The van der Waals surface area contributed by atoms with Crippen molar-refractivity contribution in [1.82, 2.24) is 10.2 Å². The minimum Gasteiger partial charge on any atom is -0.493 e. The van der Waals surface area contributed by atoms with Gasteiger partial charge in [0.25, 0.3) is 0 Å². The minimum absolute atomic E-state index is 0.655. The highest BCUT2D eigenvalue weighted by Crippen LogP contribution is 2.28. The lowest BCUT2D eigenvalue weighted by molar-refractivity contribution is 0.299. The Bertz CT molecular complexity index is 423. The van der Waals surface area contributed by atoms with E-state index in [1.165, 1.54) is 24.9 Å². The molecule has 1 aromatic rings. The molecule has 0 saturated carbocycles. The molecular weight excluding hydrogens is 252 g/mol. The fourth-order valence-corrected chi connectivity index (χ4v) is 2.72. The van der Waals surface area contributed by atoms with Crippen molar-refractivity contribution in [3.8, 4) is 11.5 Å². The molecule has 0 aliphatic carbocycles. The van der Waals surface area contributed by atoms with Crippen LogP contribution in [-0.2, 0) is 6.54 Å². The van der Waals surface area contributed by atoms with Gasteiger partial charge in [-0.3, -0.25) is 0 Å². The second-order valence-electron chi connectivity index (χ2n) is 5.33. The molecule has 1 aliphatic heterocycles. The molecule has 0 unspecified atom stereocenters. The summed E-state index contributed by atoms with van der Waals surface area (Å²) in [6, 6.07) is 6.82. The second kappa shape index (κ2) is 7.50. The highest BCUT2D eigenvalue weighted by atomic mass is 16.5. The van der Waals surface area contributed by atoms with E-state index in [9.17, 15) is 0 Å². The summed E-state index contributed by atoms with van der Waals surface area (Å²) < 4.78 is 10.9. The van der Waals surface area contributed by atoms with Crippen LogP contribution in [0.3, 0.4) is 0 Å². The summed E-state index contributed by atoms with van der Waals surface area (Å²) in [5.74, 6) is 1.62. The van der Waals surface area contributed by atoms with Gasteiger partial charge in [-0.15, -0.1) is 0 Å². The van der Waals surface area contributed by atoms with Crippen molar-refractivity contribution in [2.24, 2.45) is 0 Å². The lowest BCUT2D eigenvalue weighted by atomic mass is 10.2. The topological polar surface area (TPSA) is 33.7 Å². The van der Waals surface area contributed by atoms with Crippen molar-refractivity contribution in [3.05, 3.63) is 23.8 Å². The van der Waals surface area contributed by atoms with Crippen LogP contribution >= 0.6 is 0 Å². The maximum absolute atomic E-state index is 5.53. The first-order valence-corrected chi connectivity index (χ1v) is 7.45. The van der Waals surface area contributed by atoms with E-state index < -0.39 is 0 Å². The summed E-state index contributed by atoms with van der Waals surface area (Å²) in [5.41, 5.74) is 1.23. The van der Waals surface area contributed by atoms with Gasteiger partial charge in [0.05, 0.1) is 13.7 Å². The maximum Gasteiger partial charge on any atom is 0.161 e. The van der Waals surface area contributed by atoms with E-state index >= 15 is 0 Å². The standard InChI is InChI=1S/C16H26N2O2/c1-4-20-15-8-7-13(10-16(15)19-3)11-17-12-14-6-5-9-18(14)2/h7-8,10,14,17H,4-6,9,11-12H2,1-3H3/t14-/m1/s1. The van der Waals surface area contributed by atoms with E-state index in [2.05, 4.69) is 29.4 Å². The Hall–Kier alpha value is -1.26. The van der Waals surface area contributed by atoms with Crippen molar-refractivity contribution in [3.63, 3.8) is 0 Å². The van der Waals surface area contributed by atoms with Gasteiger partial charge < -0.3 is 19.7 Å². The lowest BCUT2D eigenvalue weighted by Gasteiger charge is -2.20. The molecule has 1 N–H and O–H groups in total. The first-order valence-electron chi connectivity index (χ1n) is 7.45. The molecule has 1 heterocycles. The van der Waals surface area contributed by atoms with Crippen LogP contribution in [0.5, 0.6) is 11.5 Å². The number of ether oxygens (including phenoxy) is 2. The molecular formula is C16H26N2O2. The van der Waals surface area contributed by atoms with Crippen molar-refractivity contribution in [2.45, 2.75) is 32.4 Å². The molecule has 112 valence electrons. The molecule has 4 heteroatoms. The largest absolute Gasteiger partial charge is 0.493 e. The number of hydrogen-bond donors (Lipinski definition) is 1. The summed E-state index contributed by atoms with van der Waals surface area (Å²) in [6.45, 7) is 5.78. The summed E-state index contributed by atoms with van der Waals surface area (Å²) in [7, 11) is 3.89. The van der Waals surface area contributed by atoms with Crippen LogP contribution in [0.15, 0.2) is 18.2 Å². The average molecular weight is 278 g/mol. The number of benzene rings is 1. The Morgan fingerprint density at radius 2 is 2.20 bits per heavy atom. The Morgan fingerprint density at radius 3 is 2.85 bits per heavy atom. The zero-order valence-corrected chi connectivity index (χ0v) is 12.8. The van der Waals surface area contributed by atoms with Crippen molar-refractivity contribution in [1.29, 1.82) is 0 Å². The van der Waals surface area contributed by atoms with Crippen molar-refractivity contribution in [2.75, 3.05) is 33.9 Å². The SMILES string of the molecule is CCOc1ccc(CNC[C@H]2CCCN2C)cc1OC. The third-order valence-corrected chi connectivity index (χ3v) is 3.91. The zero-order valence-electron chi connectivity index (χ0n) is 12.8. The van der Waals surface area contributed by atoms with Crippen LogP contribution in [0, 0.1) is 0 Å². The van der Waals surface area contributed by atoms with E-state index in [-0.39, 0.29) is 0 Å². The van der Waals surface area contributed by atoms with E-state index in [0.29, 0.717) is 12.6 Å². The number of likely N-dealkylation sites (tertiary alicyclic amines) is 1. The number of methoxy groups -OCH3 is 1. The first-order chi connectivity index (χ1) is 9.74. The summed E-state index contributed by atoms with van der Waals surface area (Å²) >= 11 is 0. The van der Waals surface area contributed by atoms with Gasteiger partial charge in [0, 0.05) is 19.1 Å². The Morgan fingerprint density at radius 1 is 1.35 bits per heavy atom. The van der Waals surface area contributed by atoms with Gasteiger partial charge in [-0.1, -0.05) is 6.07 Å². The maximum atomic E-state index is 5.53. The number of hydrogen-bond acceptors (Lipinski definition) is 4. The number of nitrogens with one attached hydrogen (secondary N) is 1. The summed E-state index contributed by atoms with van der Waals surface area (Å²) in [5, 5.41) is 3.54. The molecule has 1 aromatic carbocycles. The smallest absolute Gasteiger partial charge is 0.161 e. The predicted molar refractivity (Wildman–Crippen MR) is 81.5 cm³/mol. The van der Waals surface area contributed by atoms with Gasteiger partial charge >= 0.3 is 0 Å². The third kappa shape index (κ3) is 3.87. The van der Waals surface area contributed by atoms with Gasteiger partial charge in [-0.05, 0) is 51.1 Å². The Balaban J connectivity index is 1.86. The predicted octanol–water partition coefficient (Wildman–Crippen LogP) is 2.28. The fraction of sp³-hybridized carbons (Fsp3) is 0.625. The second-order valence-corrected chi connectivity index (χ2v) is 5.33. The fourth-order valence-electron chi connectivity index (χ4n) is 2.72. The van der Waals surface area contributed by atoms with Gasteiger partial charge in [0.2, 0.25) is 0 Å². The molecule has 2 rings (SSSR count). The highest BCUT2D eigenvalue weighted by molar-refractivity contribution is 5.42. The minimum atomic E-state index is 0.655. The first kappa shape index (κ1) is 15.1.